The maximum atomic E-state index is 4.28. The summed E-state index contributed by atoms with van der Waals surface area (Å²) in [5, 5.41) is 3.06. The van der Waals surface area contributed by atoms with Gasteiger partial charge in [-0.1, -0.05) is 0 Å². The van der Waals surface area contributed by atoms with Crippen LogP contribution in [0.25, 0.3) is 19.7 Å². The molecule has 0 aliphatic carbocycles. The van der Waals surface area contributed by atoms with E-state index in [0.29, 0.717) is 0 Å². The molecule has 3 aromatic rings. The highest BCUT2D eigenvalue weighted by Gasteiger charge is 2.11. The Hall–Kier alpha value is -1.27. The smallest absolute Gasteiger partial charge is 0.147 e. The van der Waals surface area contributed by atoms with Crippen molar-refractivity contribution in [1.29, 1.82) is 0 Å². The van der Waals surface area contributed by atoms with Crippen LogP contribution in [0.15, 0.2) is 11.8 Å². The van der Waals surface area contributed by atoms with Crippen LogP contribution in [-0.4, -0.2) is 22.0 Å². The lowest BCUT2D eigenvalue weighted by Crippen LogP contribution is -1.91. The Morgan fingerprint density at radius 2 is 2.14 bits per heavy atom. The lowest BCUT2D eigenvalue weighted by molar-refractivity contribution is 1.22. The van der Waals surface area contributed by atoms with E-state index in [1.165, 1.54) is 0 Å². The zero-order chi connectivity index (χ0) is 9.54. The maximum Gasteiger partial charge on any atom is 0.147 e. The quantitative estimate of drug-likeness (QED) is 0.686. The predicted octanol–water partition coefficient (Wildman–Crippen LogP) is 2.34. The first-order valence-electron chi connectivity index (χ1n) is 4.04. The summed E-state index contributed by atoms with van der Waals surface area (Å²) in [6.07, 6.45) is 1.58. The minimum Gasteiger partial charge on any atom is -0.372 e. The molecule has 6 heteroatoms. The number of hydrogen-bond donors (Lipinski definition) is 1. The number of thiazole rings is 1. The molecule has 70 valence electrons. The zero-order valence-corrected chi connectivity index (χ0v) is 8.95. The number of rotatable bonds is 1. The molecular weight excluding hydrogens is 216 g/mol. The average molecular weight is 222 g/mol. The van der Waals surface area contributed by atoms with Crippen molar-refractivity contribution in [2.75, 3.05) is 12.4 Å². The predicted molar refractivity (Wildman–Crippen MR) is 60.1 cm³/mol. The molecule has 0 spiro atoms. The molecule has 0 unspecified atom stereocenters. The van der Waals surface area contributed by atoms with E-state index in [-0.39, 0.29) is 0 Å². The Kier molecular flexibility index (Phi) is 1.65. The third-order valence-corrected chi connectivity index (χ3v) is 4.05. The minimum absolute atomic E-state index is 0.880. The molecule has 3 heterocycles. The zero-order valence-electron chi connectivity index (χ0n) is 7.31. The lowest BCUT2D eigenvalue weighted by Gasteiger charge is -1.97. The Labute approximate surface area is 87.6 Å². The SMILES string of the molecule is CNc1ncnc2c1sc1ncsc12. The fourth-order valence-corrected chi connectivity index (χ4v) is 3.45. The molecule has 0 bridgehead atoms. The van der Waals surface area contributed by atoms with E-state index < -0.39 is 0 Å². The Morgan fingerprint density at radius 1 is 1.21 bits per heavy atom. The number of hydrogen-bond acceptors (Lipinski definition) is 6. The first-order chi connectivity index (χ1) is 6.90. The van der Waals surface area contributed by atoms with Gasteiger partial charge in [-0.25, -0.2) is 15.0 Å². The van der Waals surface area contributed by atoms with Gasteiger partial charge < -0.3 is 5.32 Å². The third-order valence-electron chi connectivity index (χ3n) is 1.99. The van der Waals surface area contributed by atoms with Crippen molar-refractivity contribution >= 4 is 48.2 Å². The van der Waals surface area contributed by atoms with Crippen molar-refractivity contribution < 1.29 is 0 Å². The Balaban J connectivity index is 2.54. The van der Waals surface area contributed by atoms with Crippen LogP contribution >= 0.6 is 22.7 Å². The maximum absolute atomic E-state index is 4.28. The van der Waals surface area contributed by atoms with Gasteiger partial charge in [0.2, 0.25) is 0 Å². The van der Waals surface area contributed by atoms with Crippen molar-refractivity contribution in [3.8, 4) is 0 Å². The van der Waals surface area contributed by atoms with Crippen LogP contribution < -0.4 is 5.32 Å². The Morgan fingerprint density at radius 3 is 3.00 bits per heavy atom. The average Bonchev–Trinajstić information content (AvgIpc) is 2.76. The highest BCUT2D eigenvalue weighted by atomic mass is 32.1. The molecule has 3 rings (SSSR count). The molecule has 0 aromatic carbocycles. The summed E-state index contributed by atoms with van der Waals surface area (Å²) >= 11 is 3.26. The lowest BCUT2D eigenvalue weighted by atomic mass is 10.4. The van der Waals surface area contributed by atoms with E-state index in [0.717, 1.165) is 25.6 Å². The first kappa shape index (κ1) is 8.07. The van der Waals surface area contributed by atoms with Gasteiger partial charge in [-0.05, 0) is 0 Å². The van der Waals surface area contributed by atoms with Gasteiger partial charge in [0.05, 0.1) is 14.9 Å². The molecule has 0 radical (unpaired) electrons. The summed E-state index contributed by atoms with van der Waals surface area (Å²) in [7, 11) is 1.86. The number of aromatic nitrogens is 3. The second kappa shape index (κ2) is 2.86. The highest BCUT2D eigenvalue weighted by Crippen LogP contribution is 2.36. The molecule has 0 saturated heterocycles. The molecule has 14 heavy (non-hydrogen) atoms. The topological polar surface area (TPSA) is 50.7 Å². The van der Waals surface area contributed by atoms with E-state index in [9.17, 15) is 0 Å². The molecule has 0 amide bonds. The van der Waals surface area contributed by atoms with Crippen LogP contribution in [0.4, 0.5) is 5.82 Å². The fourth-order valence-electron chi connectivity index (χ4n) is 1.37. The normalized spacial score (nSPS) is 11.2. The van der Waals surface area contributed by atoms with Crippen LogP contribution in [0.1, 0.15) is 0 Å². The van der Waals surface area contributed by atoms with Crippen LogP contribution in [0.3, 0.4) is 0 Å². The summed E-state index contributed by atoms with van der Waals surface area (Å²) in [6.45, 7) is 0. The number of nitrogens with zero attached hydrogens (tertiary/aromatic N) is 3. The molecular formula is C8H6N4S2. The number of fused-ring (bicyclic) bond motifs is 3. The molecule has 0 atom stereocenters. The van der Waals surface area contributed by atoms with Crippen LogP contribution in [-0.2, 0) is 0 Å². The van der Waals surface area contributed by atoms with Gasteiger partial charge in [-0.15, -0.1) is 22.7 Å². The van der Waals surface area contributed by atoms with E-state index in [1.54, 1.807) is 29.0 Å². The molecule has 0 aliphatic heterocycles. The highest BCUT2D eigenvalue weighted by molar-refractivity contribution is 7.31. The first-order valence-corrected chi connectivity index (χ1v) is 5.74. The van der Waals surface area contributed by atoms with Crippen molar-refractivity contribution in [2.24, 2.45) is 0 Å². The fraction of sp³-hybridized carbons (Fsp3) is 0.125. The molecule has 0 aliphatic rings. The third kappa shape index (κ3) is 0.948. The molecule has 0 saturated carbocycles. The summed E-state index contributed by atoms with van der Waals surface area (Å²) in [5.41, 5.74) is 2.86. The summed E-state index contributed by atoms with van der Waals surface area (Å²) in [5.74, 6) is 0.880. The van der Waals surface area contributed by atoms with Crippen molar-refractivity contribution in [2.45, 2.75) is 0 Å². The van der Waals surface area contributed by atoms with Crippen molar-refractivity contribution in [3.05, 3.63) is 11.8 Å². The standard InChI is InChI=1S/C8H6N4S2/c1-9-7-5-4(10-2-11-7)6-8(14-5)12-3-13-6/h2-3H,1H3,(H,9,10,11). The summed E-state index contributed by atoms with van der Waals surface area (Å²) < 4.78 is 2.24. The largest absolute Gasteiger partial charge is 0.372 e. The summed E-state index contributed by atoms with van der Waals surface area (Å²) in [6, 6.07) is 0. The van der Waals surface area contributed by atoms with Crippen LogP contribution in [0, 0.1) is 0 Å². The second-order valence-corrected chi connectivity index (χ2v) is 4.59. The van der Waals surface area contributed by atoms with Gasteiger partial charge in [0.25, 0.3) is 0 Å². The molecule has 3 aromatic heterocycles. The van der Waals surface area contributed by atoms with Crippen LogP contribution in [0.5, 0.6) is 0 Å². The van der Waals surface area contributed by atoms with Gasteiger partial charge in [-0.3, -0.25) is 0 Å². The molecule has 1 N–H and O–H groups in total. The second-order valence-electron chi connectivity index (χ2n) is 2.74. The molecule has 0 fully saturated rings. The van der Waals surface area contributed by atoms with Crippen LogP contribution in [0.2, 0.25) is 0 Å². The van der Waals surface area contributed by atoms with E-state index in [2.05, 4.69) is 20.3 Å². The molecule has 4 nitrogen and oxygen atoms in total. The number of anilines is 1. The number of thiophene rings is 1. The van der Waals surface area contributed by atoms with Gasteiger partial charge in [0, 0.05) is 7.05 Å². The monoisotopic (exact) mass is 222 g/mol. The van der Waals surface area contributed by atoms with E-state index in [1.807, 2.05) is 12.6 Å². The van der Waals surface area contributed by atoms with E-state index >= 15 is 0 Å². The summed E-state index contributed by atoms with van der Waals surface area (Å²) in [4.78, 5) is 13.8. The number of nitrogens with one attached hydrogen (secondary N) is 1. The minimum atomic E-state index is 0.880. The van der Waals surface area contributed by atoms with Gasteiger partial charge in [0.1, 0.15) is 22.5 Å². The Bertz CT molecular complexity index is 597. The van der Waals surface area contributed by atoms with E-state index in [4.69, 9.17) is 0 Å². The van der Waals surface area contributed by atoms with Gasteiger partial charge >= 0.3 is 0 Å². The van der Waals surface area contributed by atoms with Gasteiger partial charge in [0.15, 0.2) is 0 Å². The van der Waals surface area contributed by atoms with Gasteiger partial charge in [-0.2, -0.15) is 0 Å². The van der Waals surface area contributed by atoms with Crippen molar-refractivity contribution in [3.63, 3.8) is 0 Å². The van der Waals surface area contributed by atoms with Crippen molar-refractivity contribution in [1.82, 2.24) is 15.0 Å².